The zero-order chi connectivity index (χ0) is 24.9. The van der Waals surface area contributed by atoms with Gasteiger partial charge in [-0.2, -0.15) is 0 Å². The number of aromatic nitrogens is 1. The molecule has 32 heavy (non-hydrogen) atoms. The van der Waals surface area contributed by atoms with Crippen molar-refractivity contribution >= 4 is 23.2 Å². The molecular weight excluding hydrogens is 408 g/mol. The predicted molar refractivity (Wildman–Crippen MR) is 121 cm³/mol. The monoisotopic (exact) mass is 443 g/mol. The first-order valence-corrected chi connectivity index (χ1v) is 11.2. The lowest BCUT2D eigenvalue weighted by atomic mass is 9.92. The maximum Gasteiger partial charge on any atom is 0.228 e. The third-order valence-electron chi connectivity index (χ3n) is 6.74. The Morgan fingerprint density at radius 1 is 1.34 bits per heavy atom. The Morgan fingerprint density at radius 2 is 2.19 bits per heavy atom. The Kier molecular flexibility index (Phi) is 4.64. The highest BCUT2D eigenvalue weighted by atomic mass is 16.2. The second kappa shape index (κ2) is 8.34. The van der Waals surface area contributed by atoms with E-state index in [-0.39, 0.29) is 35.6 Å². The summed E-state index contributed by atoms with van der Waals surface area (Å²) in [6, 6.07) is 1.85. The van der Waals surface area contributed by atoms with E-state index in [0.717, 1.165) is 38.0 Å². The van der Waals surface area contributed by atoms with E-state index in [1.54, 1.807) is 6.07 Å². The van der Waals surface area contributed by atoms with Crippen molar-refractivity contribution in [1.82, 2.24) is 31.2 Å². The van der Waals surface area contributed by atoms with Crippen LogP contribution in [0.3, 0.4) is 0 Å². The number of fused-ring (bicyclic) bond motifs is 3. The lowest BCUT2D eigenvalue weighted by Gasteiger charge is -2.52. The molecule has 1 amide bonds. The Hall–Kier alpha value is -2.69. The topological polar surface area (TPSA) is 114 Å². The highest BCUT2D eigenvalue weighted by molar-refractivity contribution is 6.02. The van der Waals surface area contributed by atoms with E-state index in [1.165, 1.54) is 11.9 Å². The van der Waals surface area contributed by atoms with Gasteiger partial charge in [0.15, 0.2) is 5.78 Å². The van der Waals surface area contributed by atoms with Crippen LogP contribution in [-0.4, -0.2) is 65.0 Å². The summed E-state index contributed by atoms with van der Waals surface area (Å²) in [7, 11) is 2.07. The maximum absolute atomic E-state index is 12.9. The molecule has 1 aromatic heterocycles. The second-order valence-electron chi connectivity index (χ2n) is 8.99. The fourth-order valence-electron chi connectivity index (χ4n) is 4.85. The molecule has 10 heteroatoms. The van der Waals surface area contributed by atoms with E-state index in [2.05, 4.69) is 48.9 Å². The van der Waals surface area contributed by atoms with Crippen molar-refractivity contribution in [2.24, 2.45) is 5.92 Å². The third kappa shape index (κ3) is 3.82. The molecule has 5 N–H and O–H groups in total. The summed E-state index contributed by atoms with van der Waals surface area (Å²) in [6.45, 7) is 1.16. The Morgan fingerprint density at radius 3 is 2.97 bits per heavy atom. The van der Waals surface area contributed by atoms with Gasteiger partial charge in [-0.05, 0) is 39.8 Å². The summed E-state index contributed by atoms with van der Waals surface area (Å²) in [4.78, 5) is 31.7. The number of Topliss-reactive ketones (excluding diaryl/α,β-unsaturated/α-hetero) is 1. The number of rotatable bonds is 6. The highest BCUT2D eigenvalue weighted by Gasteiger charge is 2.46. The Balaban J connectivity index is 1.42. The van der Waals surface area contributed by atoms with Crippen LogP contribution in [0, 0.1) is 5.92 Å². The van der Waals surface area contributed by atoms with Crippen LogP contribution in [-0.2, 0) is 4.79 Å². The summed E-state index contributed by atoms with van der Waals surface area (Å²) in [5, 5.41) is 12.0. The van der Waals surface area contributed by atoms with E-state index in [1.807, 2.05) is 6.92 Å². The number of allylic oxidation sites excluding steroid dienone is 1. The zero-order valence-electron chi connectivity index (χ0n) is 21.4. The Labute approximate surface area is 192 Å². The molecule has 3 unspecified atom stereocenters. The van der Waals surface area contributed by atoms with Gasteiger partial charge in [0.05, 0.1) is 35.2 Å². The molecule has 1 saturated carbocycles. The van der Waals surface area contributed by atoms with Crippen molar-refractivity contribution in [2.75, 3.05) is 30.8 Å². The number of ketones is 1. The van der Waals surface area contributed by atoms with Crippen LogP contribution >= 0.6 is 0 Å². The lowest BCUT2D eigenvalue weighted by molar-refractivity contribution is -0.117. The number of anilines is 2. The van der Waals surface area contributed by atoms with Gasteiger partial charge in [0.25, 0.3) is 0 Å². The summed E-state index contributed by atoms with van der Waals surface area (Å²) in [6.07, 6.45) is 3.20. The molecule has 3 aliphatic heterocycles. The minimum Gasteiger partial charge on any atom is -0.368 e. The minimum absolute atomic E-state index is 0.00835. The molecule has 2 saturated heterocycles. The van der Waals surface area contributed by atoms with Gasteiger partial charge in [-0.15, -0.1) is 5.53 Å². The van der Waals surface area contributed by atoms with Gasteiger partial charge in [-0.1, -0.05) is 6.85 Å². The number of hydrogen-bond acceptors (Lipinski definition) is 9. The predicted octanol–water partition coefficient (Wildman–Crippen LogP) is 0.993. The average Bonchev–Trinajstić information content (AvgIpc) is 3.57. The molecule has 0 spiro atoms. The fourth-order valence-corrected chi connectivity index (χ4v) is 4.85. The van der Waals surface area contributed by atoms with Gasteiger partial charge in [0.2, 0.25) is 5.91 Å². The van der Waals surface area contributed by atoms with Crippen molar-refractivity contribution in [1.29, 1.82) is 0 Å². The SMILES string of the molecule is [2H]C([2H])([2H])CC(=O)c1cnc(NC(=O)C2CC2)cc1NC1NCCC2C1N(C)CC1=C(C)NNN12. The smallest absolute Gasteiger partial charge is 0.228 e. The summed E-state index contributed by atoms with van der Waals surface area (Å²) >= 11 is 0. The molecule has 4 aliphatic rings. The first-order chi connectivity index (χ1) is 16.6. The minimum atomic E-state index is -2.39. The van der Waals surface area contributed by atoms with Crippen LogP contribution in [0.25, 0.3) is 0 Å². The van der Waals surface area contributed by atoms with Gasteiger partial charge in [-0.25, -0.2) is 4.98 Å². The molecule has 0 aromatic carbocycles. The summed E-state index contributed by atoms with van der Waals surface area (Å²) in [5.74, 6) is -0.259. The number of pyridine rings is 1. The number of likely N-dealkylation sites (N-methyl/N-ethyl adjacent to an activating group) is 1. The maximum atomic E-state index is 12.9. The number of piperazine rings is 1. The lowest BCUT2D eigenvalue weighted by Crippen LogP contribution is -2.70. The van der Waals surface area contributed by atoms with E-state index >= 15 is 0 Å². The van der Waals surface area contributed by atoms with Gasteiger partial charge < -0.3 is 16.1 Å². The van der Waals surface area contributed by atoms with Crippen molar-refractivity contribution in [3.8, 4) is 0 Å². The number of nitrogens with one attached hydrogen (secondary N) is 5. The van der Waals surface area contributed by atoms with Crippen LogP contribution < -0.4 is 26.9 Å². The molecule has 10 nitrogen and oxygen atoms in total. The zero-order valence-corrected chi connectivity index (χ0v) is 18.4. The van der Waals surface area contributed by atoms with E-state index < -0.39 is 19.1 Å². The van der Waals surface area contributed by atoms with Gasteiger partial charge in [-0.3, -0.25) is 24.8 Å². The van der Waals surface area contributed by atoms with Crippen LogP contribution in [0.2, 0.25) is 0 Å². The second-order valence-corrected chi connectivity index (χ2v) is 8.99. The van der Waals surface area contributed by atoms with Crippen molar-refractivity contribution in [2.45, 2.75) is 57.7 Å². The van der Waals surface area contributed by atoms with Crippen LogP contribution in [0.5, 0.6) is 0 Å². The molecule has 0 bridgehead atoms. The Bertz CT molecular complexity index is 1060. The fraction of sp³-hybridized carbons (Fsp3) is 0.591. The highest BCUT2D eigenvalue weighted by Crippen LogP contribution is 2.33. The number of hydrazine groups is 2. The number of carbonyl (C=O) groups is 2. The van der Waals surface area contributed by atoms with E-state index in [9.17, 15) is 9.59 Å². The number of amides is 1. The molecule has 4 heterocycles. The summed E-state index contributed by atoms with van der Waals surface area (Å²) in [5.41, 5.74) is 9.43. The molecule has 3 fully saturated rings. The van der Waals surface area contributed by atoms with E-state index in [0.29, 0.717) is 11.5 Å². The standard InChI is InChI=1S/C22H32N8O2/c1-4-18(31)14-10-24-19(26-22(32)13-5-6-13)9-15(14)25-21-20-16(7-8-23-21)30-17(11-29(20)3)12(2)27-28-30/h9-10,13,16,20-21,23,27-28H,4-8,11H2,1-3H3,(H2,24,25,26,32)/i1D3. The molecule has 172 valence electrons. The number of hydrogen-bond donors (Lipinski definition) is 5. The van der Waals surface area contributed by atoms with Crippen LogP contribution in [0.15, 0.2) is 23.7 Å². The molecule has 3 atom stereocenters. The van der Waals surface area contributed by atoms with Crippen LogP contribution in [0.1, 0.15) is 53.9 Å². The molecule has 5 rings (SSSR count). The van der Waals surface area contributed by atoms with Crippen molar-refractivity contribution < 1.29 is 13.7 Å². The summed E-state index contributed by atoms with van der Waals surface area (Å²) < 4.78 is 22.6. The van der Waals surface area contributed by atoms with Crippen LogP contribution in [0.4, 0.5) is 11.5 Å². The first-order valence-electron chi connectivity index (χ1n) is 12.7. The van der Waals surface area contributed by atoms with Gasteiger partial charge in [0.1, 0.15) is 5.82 Å². The number of piperidine rings is 1. The molecule has 1 aliphatic carbocycles. The first kappa shape index (κ1) is 17.8. The van der Waals surface area contributed by atoms with Gasteiger partial charge in [0, 0.05) is 41.0 Å². The molecule has 0 radical (unpaired) electrons. The normalized spacial score (nSPS) is 29.2. The van der Waals surface area contributed by atoms with E-state index in [4.69, 9.17) is 4.11 Å². The van der Waals surface area contributed by atoms with Crippen molar-refractivity contribution in [3.63, 3.8) is 0 Å². The molecule has 1 aromatic rings. The quantitative estimate of drug-likeness (QED) is 0.411. The average molecular weight is 444 g/mol. The number of nitrogens with zero attached hydrogens (tertiary/aromatic N) is 3. The number of carbonyl (C=O) groups excluding carboxylic acids is 2. The molecular formula is C22H32N8O2. The van der Waals surface area contributed by atoms with Crippen molar-refractivity contribution in [3.05, 3.63) is 29.2 Å². The van der Waals surface area contributed by atoms with Gasteiger partial charge >= 0.3 is 0 Å². The third-order valence-corrected chi connectivity index (χ3v) is 6.74. The largest absolute Gasteiger partial charge is 0.368 e.